The summed E-state index contributed by atoms with van der Waals surface area (Å²) in [5, 5.41) is 35.2. The van der Waals surface area contributed by atoms with Crippen LogP contribution in [-0.2, 0) is 33.1 Å². The molecule has 114 heavy (non-hydrogen) atoms. The molecule has 17 rings (SSSR count). The summed E-state index contributed by atoms with van der Waals surface area (Å²) in [4.78, 5) is 58.8. The molecule has 3 saturated heterocycles. The van der Waals surface area contributed by atoms with Crippen LogP contribution in [0, 0.1) is 45.4 Å². The van der Waals surface area contributed by atoms with Gasteiger partial charge < -0.3 is 48.8 Å². The maximum absolute atomic E-state index is 13.7. The van der Waals surface area contributed by atoms with Crippen LogP contribution in [0.25, 0.3) is 50.2 Å². The molecular formula is C83H98ClN15O13S2. The SMILES string of the molecule is COCC1CCN(c2cc(C(=O)CS(=O)(=O)c3c(C)noc3C)nc3c2c(C2CCC2)nn3-c2ccccc2)CC1.COCC1CCN(c2cc(C(=O)O)nc3c2c(C2CCC2)nn3-c2ccccc2)CC1.COCC1CCN(c2cc(C(N)=O)nc3c2c(C2CCC2)nn3-c2ccccc2)CC1.Cc1noc(C)c1S(=O)(=O)Cl. The second-order valence-corrected chi connectivity index (χ2v) is 35.1. The number of Topliss-reactive ketones (excluding diaryl/α,β-unsaturated/α-hetero) is 1. The Labute approximate surface area is 667 Å². The van der Waals surface area contributed by atoms with Crippen LogP contribution in [0.4, 0.5) is 17.1 Å². The maximum Gasteiger partial charge on any atom is 0.354 e. The van der Waals surface area contributed by atoms with Gasteiger partial charge in [-0.3, -0.25) is 9.59 Å². The lowest BCUT2D eigenvalue weighted by Gasteiger charge is -2.34. The molecular weight excluding hydrogens is 1510 g/mol. The van der Waals surface area contributed by atoms with E-state index in [1.54, 1.807) is 40.4 Å². The molecule has 0 spiro atoms. The van der Waals surface area contributed by atoms with E-state index in [0.717, 1.165) is 216 Å². The number of carbonyl (C=O) groups excluding carboxylic acids is 2. The Bertz CT molecular complexity index is 5290. The first-order valence-electron chi connectivity index (χ1n) is 39.3. The highest BCUT2D eigenvalue weighted by Gasteiger charge is 2.37. The molecule has 0 unspecified atom stereocenters. The van der Waals surface area contributed by atoms with Crippen LogP contribution >= 0.6 is 10.7 Å². The third kappa shape index (κ3) is 17.2. The van der Waals surface area contributed by atoms with Crippen LogP contribution in [0.2, 0.25) is 0 Å². The first kappa shape index (κ1) is 80.6. The number of aromatic nitrogens is 11. The fraction of sp³-hybridized carbons (Fsp3) is 0.458. The molecule has 3 aliphatic carbocycles. The van der Waals surface area contributed by atoms with E-state index in [1.807, 2.05) is 111 Å². The molecule has 3 N–H and O–H groups in total. The fourth-order valence-corrected chi connectivity index (χ4v) is 19.5. The highest BCUT2D eigenvalue weighted by Crippen LogP contribution is 2.47. The first-order chi connectivity index (χ1) is 55.0. The zero-order valence-corrected chi connectivity index (χ0v) is 67.8. The molecule has 1 amide bonds. The van der Waals surface area contributed by atoms with Crippen LogP contribution in [-0.4, -0.2) is 180 Å². The molecule has 3 saturated carbocycles. The quantitative estimate of drug-likeness (QED) is 0.0470. The Morgan fingerprint density at radius 1 is 0.474 bits per heavy atom. The van der Waals surface area contributed by atoms with Gasteiger partial charge in [0, 0.05) is 109 Å². The number of pyridine rings is 3. The van der Waals surface area contributed by atoms with Crippen LogP contribution in [0.15, 0.2) is 128 Å². The highest BCUT2D eigenvalue weighted by molar-refractivity contribution is 8.13. The van der Waals surface area contributed by atoms with Crippen molar-refractivity contribution in [3.8, 4) is 17.1 Å². The molecule has 11 heterocycles. The Morgan fingerprint density at radius 2 is 0.789 bits per heavy atom. The third-order valence-electron chi connectivity index (χ3n) is 23.1. The number of rotatable bonds is 22. The molecule has 0 atom stereocenters. The van der Waals surface area contributed by atoms with Crippen molar-refractivity contribution in [2.45, 2.75) is 152 Å². The van der Waals surface area contributed by atoms with E-state index in [-0.39, 0.29) is 44.1 Å². The third-order valence-corrected chi connectivity index (χ3v) is 26.4. The Kier molecular flexibility index (Phi) is 24.8. The summed E-state index contributed by atoms with van der Waals surface area (Å²) in [6.07, 6.45) is 16.4. The van der Waals surface area contributed by atoms with Crippen molar-refractivity contribution in [2.75, 3.05) is 101 Å². The van der Waals surface area contributed by atoms with E-state index < -0.39 is 42.3 Å². The van der Waals surface area contributed by atoms with Crippen molar-refractivity contribution in [1.82, 2.24) is 54.6 Å². The second-order valence-electron chi connectivity index (χ2n) is 30.7. The van der Waals surface area contributed by atoms with Crippen molar-refractivity contribution in [3.05, 3.63) is 166 Å². The zero-order chi connectivity index (χ0) is 80.1. The summed E-state index contributed by atoms with van der Waals surface area (Å²) in [5.41, 5.74) is 17.4. The maximum atomic E-state index is 13.7. The standard InChI is InChI=1S/C30H35N5O5S.C24H29N5O2.C24H28N4O3.C5H6ClNO3S/c1-19-29(20(2)40-33-19)41(37,38)18-26(36)24-16-25(34-14-12-21(13-15-34)17-39-3)27-28(22-8-7-9-22)32-35(30(27)31-24)23-10-5-4-6-11-23;1-31-15-16-10-12-28(13-11-16)20-14-19(23(25)30)26-24-21(20)22(17-6-5-7-17)27-29(24)18-8-3-2-4-9-18;1-31-15-16-10-12-27(13-11-16)20-14-19(24(29)30)25-23-21(20)22(17-6-5-7-17)26-28(23)18-8-3-2-4-9-18;1-3-5(11(6,8)9)4(2)10-7-3/h4-6,10-11,16,21-22H,7-9,12-15,17-18H2,1-3H3;2-4,8-9,14,16-17H,5-7,10-13,15H2,1H3,(H2,25,30);2-4,8-9,14,16-17H,5-7,10-13,15H2,1H3,(H,29,30);1-2H3. The summed E-state index contributed by atoms with van der Waals surface area (Å²) < 4.78 is 79.5. The number of anilines is 3. The van der Waals surface area contributed by atoms with E-state index in [9.17, 15) is 36.3 Å². The number of hydrogen-bond acceptors (Lipinski definition) is 23. The number of nitrogens with two attached hydrogens (primary N) is 1. The Morgan fingerprint density at radius 3 is 1.07 bits per heavy atom. The zero-order valence-electron chi connectivity index (χ0n) is 65.4. The van der Waals surface area contributed by atoms with Crippen LogP contribution in [0.1, 0.15) is 186 Å². The number of nitrogens with zero attached hydrogens (tertiary/aromatic N) is 14. The van der Waals surface area contributed by atoms with Gasteiger partial charge in [-0.05, 0) is 177 Å². The molecule has 0 radical (unpaired) electrons. The van der Waals surface area contributed by atoms with E-state index in [4.69, 9.17) is 60.4 Å². The lowest BCUT2D eigenvalue weighted by Crippen LogP contribution is -2.35. The van der Waals surface area contributed by atoms with Crippen LogP contribution in [0.3, 0.4) is 0 Å². The number of fused-ring (bicyclic) bond motifs is 3. The Balaban J connectivity index is 0.000000134. The lowest BCUT2D eigenvalue weighted by atomic mass is 9.81. The molecule has 0 bridgehead atoms. The molecule has 11 aromatic rings. The van der Waals surface area contributed by atoms with Gasteiger partial charge >= 0.3 is 5.97 Å². The van der Waals surface area contributed by atoms with E-state index in [1.165, 1.54) is 33.6 Å². The number of aromatic carboxylic acids is 1. The second kappa shape index (κ2) is 35.0. The number of ketones is 1. The molecule has 8 aromatic heterocycles. The minimum atomic E-state index is -3.99. The van der Waals surface area contributed by atoms with Gasteiger partial charge in [0.1, 0.15) is 32.6 Å². The molecule has 3 aliphatic heterocycles. The minimum Gasteiger partial charge on any atom is -0.477 e. The average Bonchev–Trinajstić information content (AvgIpc) is 1.61. The lowest BCUT2D eigenvalue weighted by molar-refractivity contribution is 0.0690. The number of sulfone groups is 1. The van der Waals surface area contributed by atoms with E-state index >= 15 is 0 Å². The van der Waals surface area contributed by atoms with Crippen LogP contribution < -0.4 is 20.4 Å². The topological polar surface area (TPSA) is 347 Å². The number of halogens is 1. The number of carboxylic acid groups (broad SMARTS) is 1. The predicted octanol–water partition coefficient (Wildman–Crippen LogP) is 13.9. The molecule has 6 aliphatic rings. The van der Waals surface area contributed by atoms with E-state index in [2.05, 4.69) is 34.5 Å². The number of carboxylic acids is 1. The monoisotopic (exact) mass is 1610 g/mol. The van der Waals surface area contributed by atoms with Gasteiger partial charge in [-0.15, -0.1) is 0 Å². The van der Waals surface area contributed by atoms with Crippen molar-refractivity contribution in [1.29, 1.82) is 0 Å². The number of methoxy groups -OCH3 is 3. The minimum absolute atomic E-state index is 0.0285. The molecule has 602 valence electrons. The number of benzene rings is 3. The summed E-state index contributed by atoms with van der Waals surface area (Å²) in [6, 6.07) is 35.0. The van der Waals surface area contributed by atoms with Crippen molar-refractivity contribution < 1.29 is 59.6 Å². The van der Waals surface area contributed by atoms with Gasteiger partial charge in [0.05, 0.1) is 73.1 Å². The fourth-order valence-electron chi connectivity index (χ4n) is 16.4. The number of primary amides is 1. The smallest absolute Gasteiger partial charge is 0.354 e. The Hall–Kier alpha value is -9.98. The predicted molar refractivity (Wildman–Crippen MR) is 434 cm³/mol. The molecule has 6 fully saturated rings. The van der Waals surface area contributed by atoms with E-state index in [0.29, 0.717) is 52.5 Å². The number of carbonyl (C=O) groups is 3. The van der Waals surface area contributed by atoms with Gasteiger partial charge in [0.2, 0.25) is 0 Å². The molecule has 3 aromatic carbocycles. The first-order valence-corrected chi connectivity index (χ1v) is 43.2. The normalized spacial score (nSPS) is 16.9. The van der Waals surface area contributed by atoms with Gasteiger partial charge in [-0.1, -0.05) is 84.2 Å². The number of piperidine rings is 3. The number of ether oxygens (including phenoxy) is 3. The number of para-hydroxylation sites is 3. The number of amides is 1. The highest BCUT2D eigenvalue weighted by atomic mass is 35.7. The van der Waals surface area contributed by atoms with Crippen LogP contribution in [0.5, 0.6) is 0 Å². The van der Waals surface area contributed by atoms with Gasteiger partial charge in [-0.2, -0.15) is 15.3 Å². The summed E-state index contributed by atoms with van der Waals surface area (Å²) in [5.74, 6) is 0.363. The van der Waals surface area contributed by atoms with Gasteiger partial charge in [0.15, 0.2) is 49.8 Å². The van der Waals surface area contributed by atoms with Crippen molar-refractivity contribution >= 4 is 97.4 Å². The largest absolute Gasteiger partial charge is 0.477 e. The van der Waals surface area contributed by atoms with Crippen molar-refractivity contribution in [3.63, 3.8) is 0 Å². The number of hydrogen-bond donors (Lipinski definition) is 2. The van der Waals surface area contributed by atoms with Crippen molar-refractivity contribution in [2.24, 2.45) is 23.5 Å². The van der Waals surface area contributed by atoms with Gasteiger partial charge in [-0.25, -0.2) is 50.6 Å². The summed E-state index contributed by atoms with van der Waals surface area (Å²) in [6.45, 7) is 13.6. The van der Waals surface area contributed by atoms with Gasteiger partial charge in [0.25, 0.3) is 15.0 Å². The molecule has 31 heteroatoms. The summed E-state index contributed by atoms with van der Waals surface area (Å²) in [7, 11) is 2.63. The summed E-state index contributed by atoms with van der Waals surface area (Å²) >= 11 is 0. The molecule has 28 nitrogen and oxygen atoms in total. The average molecular weight is 1610 g/mol. The number of aryl methyl sites for hydroxylation is 4.